The summed E-state index contributed by atoms with van der Waals surface area (Å²) in [5, 5.41) is 15.3. The third kappa shape index (κ3) is 4.63. The first-order chi connectivity index (χ1) is 13.6. The highest BCUT2D eigenvalue weighted by Gasteiger charge is 2.20. The van der Waals surface area contributed by atoms with Crippen molar-refractivity contribution in [1.29, 1.82) is 0 Å². The highest BCUT2D eigenvalue weighted by Crippen LogP contribution is 2.21. The van der Waals surface area contributed by atoms with Gasteiger partial charge in [0.25, 0.3) is 11.9 Å². The molecule has 0 bridgehead atoms. The number of amides is 1. The van der Waals surface area contributed by atoms with Crippen LogP contribution in [0.3, 0.4) is 0 Å². The van der Waals surface area contributed by atoms with Crippen molar-refractivity contribution in [3.63, 3.8) is 0 Å². The third-order valence-corrected chi connectivity index (χ3v) is 4.79. The zero-order valence-corrected chi connectivity index (χ0v) is 17.3. The second-order valence-electron chi connectivity index (χ2n) is 7.21. The van der Waals surface area contributed by atoms with E-state index in [1.807, 2.05) is 30.8 Å². The van der Waals surface area contributed by atoms with Crippen molar-refractivity contribution >= 4 is 24.1 Å². The molecule has 0 saturated carbocycles. The molecule has 2 N–H and O–H groups in total. The maximum absolute atomic E-state index is 12.8. The number of carbonyl (C=O) groups excluding carboxylic acids is 1. The van der Waals surface area contributed by atoms with Crippen LogP contribution < -0.4 is 10.6 Å². The van der Waals surface area contributed by atoms with Gasteiger partial charge in [-0.25, -0.2) is 9.97 Å². The Balaban J connectivity index is 0.00000240. The number of anilines is 1. The highest BCUT2D eigenvalue weighted by atomic mass is 35.5. The van der Waals surface area contributed by atoms with Crippen LogP contribution in [-0.4, -0.2) is 48.5 Å². The number of hydrogen-bond acceptors (Lipinski definition) is 6. The lowest BCUT2D eigenvalue weighted by atomic mass is 10.1. The largest absolute Gasteiger partial charge is 0.315 e. The summed E-state index contributed by atoms with van der Waals surface area (Å²) in [6.07, 6.45) is 7.32. The zero-order chi connectivity index (χ0) is 19.5. The molecule has 10 heteroatoms. The first-order valence-electron chi connectivity index (χ1n) is 9.56. The highest BCUT2D eigenvalue weighted by molar-refractivity contribution is 6.02. The molecule has 3 aromatic heterocycles. The molecule has 1 aliphatic heterocycles. The SMILES string of the molecule is CC(C)c1cc(NC(=O)c2ccn(C3CCCNC3)n2)n(-c2ncccn2)n1.Cl. The fraction of sp³-hybridized carbons (Fsp3) is 0.421. The van der Waals surface area contributed by atoms with Crippen molar-refractivity contribution in [3.8, 4) is 5.95 Å². The van der Waals surface area contributed by atoms with E-state index in [2.05, 4.69) is 30.8 Å². The van der Waals surface area contributed by atoms with Crippen LogP contribution in [0, 0.1) is 0 Å². The van der Waals surface area contributed by atoms with Crippen LogP contribution in [-0.2, 0) is 0 Å². The summed E-state index contributed by atoms with van der Waals surface area (Å²) in [7, 11) is 0. The normalized spacial score (nSPS) is 16.4. The molecular formula is C19H25ClN8O. The van der Waals surface area contributed by atoms with Gasteiger partial charge in [0.2, 0.25) is 0 Å². The van der Waals surface area contributed by atoms with Gasteiger partial charge in [-0.3, -0.25) is 9.48 Å². The van der Waals surface area contributed by atoms with Gasteiger partial charge in [0.05, 0.1) is 11.7 Å². The summed E-state index contributed by atoms with van der Waals surface area (Å²) in [6, 6.07) is 5.61. The molecule has 1 unspecified atom stereocenters. The lowest BCUT2D eigenvalue weighted by molar-refractivity contribution is 0.102. The summed E-state index contributed by atoms with van der Waals surface area (Å²) < 4.78 is 3.42. The lowest BCUT2D eigenvalue weighted by Crippen LogP contribution is -2.32. The smallest absolute Gasteiger partial charge is 0.277 e. The Kier molecular flexibility index (Phi) is 6.60. The van der Waals surface area contributed by atoms with Gasteiger partial charge < -0.3 is 10.6 Å². The molecule has 1 atom stereocenters. The number of carbonyl (C=O) groups is 1. The minimum absolute atomic E-state index is 0. The number of rotatable bonds is 5. The second kappa shape index (κ2) is 9.15. The molecule has 9 nitrogen and oxygen atoms in total. The van der Waals surface area contributed by atoms with Crippen LogP contribution in [0.2, 0.25) is 0 Å². The molecule has 0 spiro atoms. The van der Waals surface area contributed by atoms with E-state index < -0.39 is 0 Å². The van der Waals surface area contributed by atoms with E-state index in [4.69, 9.17) is 0 Å². The summed E-state index contributed by atoms with van der Waals surface area (Å²) in [5.74, 6) is 0.853. The van der Waals surface area contributed by atoms with Crippen LogP contribution in [0.4, 0.5) is 5.82 Å². The van der Waals surface area contributed by atoms with Crippen molar-refractivity contribution in [2.24, 2.45) is 0 Å². The molecule has 0 radical (unpaired) electrons. The minimum Gasteiger partial charge on any atom is -0.315 e. The maximum Gasteiger partial charge on any atom is 0.277 e. The molecule has 0 aromatic carbocycles. The predicted octanol–water partition coefficient (Wildman–Crippen LogP) is 2.58. The minimum atomic E-state index is -0.282. The van der Waals surface area contributed by atoms with Gasteiger partial charge in [0.15, 0.2) is 5.69 Å². The van der Waals surface area contributed by atoms with Crippen LogP contribution in [0.5, 0.6) is 0 Å². The molecule has 1 aliphatic rings. The number of hydrogen-bond donors (Lipinski definition) is 2. The molecule has 1 fully saturated rings. The number of nitrogens with one attached hydrogen (secondary N) is 2. The van der Waals surface area contributed by atoms with E-state index in [1.54, 1.807) is 29.2 Å². The molecule has 4 heterocycles. The molecule has 4 rings (SSSR count). The van der Waals surface area contributed by atoms with Crippen molar-refractivity contribution in [2.45, 2.75) is 38.6 Å². The van der Waals surface area contributed by atoms with Gasteiger partial charge in [-0.15, -0.1) is 12.4 Å². The number of nitrogens with zero attached hydrogens (tertiary/aromatic N) is 6. The molecule has 0 aliphatic carbocycles. The Morgan fingerprint density at radius 3 is 2.76 bits per heavy atom. The molecule has 154 valence electrons. The van der Waals surface area contributed by atoms with Gasteiger partial charge in [0, 0.05) is 31.2 Å². The monoisotopic (exact) mass is 416 g/mol. The molecular weight excluding hydrogens is 392 g/mol. The number of halogens is 1. The van der Waals surface area contributed by atoms with E-state index in [1.165, 1.54) is 0 Å². The summed E-state index contributed by atoms with van der Waals surface area (Å²) in [5.41, 5.74) is 1.22. The first kappa shape index (κ1) is 20.9. The van der Waals surface area contributed by atoms with Gasteiger partial charge >= 0.3 is 0 Å². The lowest BCUT2D eigenvalue weighted by Gasteiger charge is -2.22. The average Bonchev–Trinajstić information content (AvgIpc) is 3.37. The second-order valence-corrected chi connectivity index (χ2v) is 7.21. The number of aromatic nitrogens is 6. The van der Waals surface area contributed by atoms with Crippen LogP contribution in [0.15, 0.2) is 36.8 Å². The average molecular weight is 417 g/mol. The van der Waals surface area contributed by atoms with Crippen molar-refractivity contribution in [2.75, 3.05) is 18.4 Å². The van der Waals surface area contributed by atoms with Gasteiger partial charge in [-0.05, 0) is 37.4 Å². The van der Waals surface area contributed by atoms with E-state index in [-0.39, 0.29) is 30.3 Å². The molecule has 1 amide bonds. The van der Waals surface area contributed by atoms with Gasteiger partial charge in [0.1, 0.15) is 5.82 Å². The molecule has 29 heavy (non-hydrogen) atoms. The summed E-state index contributed by atoms with van der Waals surface area (Å²) in [4.78, 5) is 21.3. The Labute approximate surface area is 175 Å². The standard InChI is InChI=1S/C19H24N8O.ClH/c1-13(2)16-11-17(27(25-16)19-21-8-4-9-22-19)23-18(28)15-6-10-26(24-15)14-5-3-7-20-12-14;/h4,6,8-11,13-14,20H,3,5,7,12H2,1-2H3,(H,23,28);1H. The van der Waals surface area contributed by atoms with Crippen LogP contribution in [0.25, 0.3) is 5.95 Å². The van der Waals surface area contributed by atoms with Gasteiger partial charge in [-0.1, -0.05) is 13.8 Å². The summed E-state index contributed by atoms with van der Waals surface area (Å²) >= 11 is 0. The Morgan fingerprint density at radius 1 is 1.28 bits per heavy atom. The van der Waals surface area contributed by atoms with Crippen molar-refractivity contribution < 1.29 is 4.79 Å². The number of piperidine rings is 1. The zero-order valence-electron chi connectivity index (χ0n) is 16.4. The predicted molar refractivity (Wildman–Crippen MR) is 112 cm³/mol. The molecule has 3 aromatic rings. The van der Waals surface area contributed by atoms with Crippen molar-refractivity contribution in [1.82, 2.24) is 34.8 Å². The first-order valence-corrected chi connectivity index (χ1v) is 9.56. The Hall–Kier alpha value is -2.78. The third-order valence-electron chi connectivity index (χ3n) is 4.79. The van der Waals surface area contributed by atoms with E-state index in [0.717, 1.165) is 31.6 Å². The van der Waals surface area contributed by atoms with E-state index >= 15 is 0 Å². The van der Waals surface area contributed by atoms with Gasteiger partial charge in [-0.2, -0.15) is 14.9 Å². The Morgan fingerprint density at radius 2 is 2.07 bits per heavy atom. The summed E-state index contributed by atoms with van der Waals surface area (Å²) in [6.45, 7) is 6.00. The fourth-order valence-corrected chi connectivity index (χ4v) is 3.23. The van der Waals surface area contributed by atoms with E-state index in [9.17, 15) is 4.79 Å². The quantitative estimate of drug-likeness (QED) is 0.662. The Bertz CT molecular complexity index is 946. The molecule has 1 saturated heterocycles. The topological polar surface area (TPSA) is 103 Å². The maximum atomic E-state index is 12.8. The van der Waals surface area contributed by atoms with Crippen LogP contribution in [0.1, 0.15) is 54.8 Å². The van der Waals surface area contributed by atoms with Crippen molar-refractivity contribution in [3.05, 3.63) is 48.2 Å². The van der Waals surface area contributed by atoms with E-state index in [0.29, 0.717) is 17.5 Å². The fourth-order valence-electron chi connectivity index (χ4n) is 3.23. The van der Waals surface area contributed by atoms with Crippen LogP contribution >= 0.6 is 12.4 Å².